The molecular weight excluding hydrogens is 328 g/mol. The predicted molar refractivity (Wildman–Crippen MR) is 87.7 cm³/mol. The summed E-state index contributed by atoms with van der Waals surface area (Å²) < 4.78 is 32.4. The lowest BCUT2D eigenvalue weighted by molar-refractivity contribution is 0.0195. The first-order valence-corrected chi connectivity index (χ1v) is 9.68. The van der Waals surface area contributed by atoms with Gasteiger partial charge in [-0.15, -0.1) is 11.6 Å². The van der Waals surface area contributed by atoms with Gasteiger partial charge in [0.2, 0.25) is 10.0 Å². The Hall–Kier alpha value is -0.530. The van der Waals surface area contributed by atoms with E-state index < -0.39 is 27.0 Å². The molecule has 1 rings (SSSR count). The van der Waals surface area contributed by atoms with Gasteiger partial charge in [0.25, 0.3) is 0 Å². The lowest BCUT2D eigenvalue weighted by Crippen LogP contribution is -2.51. The minimum absolute atomic E-state index is 0.274. The molecule has 1 aliphatic heterocycles. The molecule has 1 fully saturated rings. The van der Waals surface area contributed by atoms with Crippen LogP contribution in [-0.2, 0) is 14.8 Å². The highest BCUT2D eigenvalue weighted by molar-refractivity contribution is 7.90. The number of piperidine rings is 1. The number of carbonyl (C=O) groups is 1. The fourth-order valence-corrected chi connectivity index (χ4v) is 4.00. The molecule has 1 amide bonds. The molecule has 0 bridgehead atoms. The first kappa shape index (κ1) is 19.5. The second-order valence-electron chi connectivity index (χ2n) is 6.72. The largest absolute Gasteiger partial charge is 0.444 e. The van der Waals surface area contributed by atoms with Crippen molar-refractivity contribution in [3.05, 3.63) is 0 Å². The van der Waals surface area contributed by atoms with Crippen LogP contribution in [0.15, 0.2) is 0 Å². The molecule has 130 valence electrons. The Labute approximate surface area is 138 Å². The van der Waals surface area contributed by atoms with Crippen LogP contribution in [0.5, 0.6) is 0 Å². The molecule has 0 aromatic heterocycles. The van der Waals surface area contributed by atoms with E-state index in [4.69, 9.17) is 16.3 Å². The average Bonchev–Trinajstić information content (AvgIpc) is 2.36. The Balaban J connectivity index is 2.62. The van der Waals surface area contributed by atoms with Gasteiger partial charge in [-0.05, 0) is 47.0 Å². The number of ether oxygens (including phenoxy) is 1. The van der Waals surface area contributed by atoms with Crippen LogP contribution in [-0.4, -0.2) is 55.3 Å². The highest BCUT2D eigenvalue weighted by Crippen LogP contribution is 2.17. The molecule has 2 atom stereocenters. The van der Waals surface area contributed by atoms with E-state index in [1.807, 2.05) is 20.8 Å². The number of nitrogens with one attached hydrogen (secondary N) is 1. The normalized spacial score (nSPS) is 21.5. The Morgan fingerprint density at radius 3 is 2.64 bits per heavy atom. The highest BCUT2D eigenvalue weighted by atomic mass is 35.5. The zero-order valence-electron chi connectivity index (χ0n) is 13.8. The van der Waals surface area contributed by atoms with Gasteiger partial charge in [0.1, 0.15) is 5.60 Å². The van der Waals surface area contributed by atoms with Crippen LogP contribution in [0.25, 0.3) is 0 Å². The lowest BCUT2D eigenvalue weighted by Gasteiger charge is -2.34. The van der Waals surface area contributed by atoms with Crippen molar-refractivity contribution in [1.82, 2.24) is 9.62 Å². The number of halogens is 1. The molecule has 1 heterocycles. The van der Waals surface area contributed by atoms with Gasteiger partial charge in [-0.2, -0.15) is 0 Å². The molecule has 0 aromatic carbocycles. The molecule has 22 heavy (non-hydrogen) atoms. The number of rotatable bonds is 5. The molecule has 0 aliphatic carbocycles. The van der Waals surface area contributed by atoms with Crippen LogP contribution in [0, 0.1) is 0 Å². The number of likely N-dealkylation sites (tertiary alicyclic amines) is 1. The maximum absolute atomic E-state index is 12.2. The zero-order chi connectivity index (χ0) is 17.0. The Morgan fingerprint density at radius 2 is 2.09 bits per heavy atom. The van der Waals surface area contributed by atoms with Crippen molar-refractivity contribution < 1.29 is 17.9 Å². The molecule has 8 heteroatoms. The van der Waals surface area contributed by atoms with Crippen LogP contribution in [0.1, 0.15) is 47.0 Å². The molecule has 0 spiro atoms. The molecule has 0 radical (unpaired) electrons. The third kappa shape index (κ3) is 6.30. The Morgan fingerprint density at radius 1 is 1.45 bits per heavy atom. The Bertz CT molecular complexity index is 476. The van der Waals surface area contributed by atoms with Gasteiger partial charge in [-0.25, -0.2) is 17.9 Å². The van der Waals surface area contributed by atoms with E-state index >= 15 is 0 Å². The molecule has 0 aromatic rings. The van der Waals surface area contributed by atoms with Gasteiger partial charge in [0, 0.05) is 25.0 Å². The summed E-state index contributed by atoms with van der Waals surface area (Å²) in [4.78, 5) is 13.6. The third-order valence-corrected chi connectivity index (χ3v) is 5.62. The second kappa shape index (κ2) is 7.84. The predicted octanol–water partition coefficient (Wildman–Crippen LogP) is 2.32. The lowest BCUT2D eigenvalue weighted by atomic mass is 10.1. The summed E-state index contributed by atoms with van der Waals surface area (Å²) in [6.45, 7) is 7.99. The summed E-state index contributed by atoms with van der Waals surface area (Å²) in [5.74, 6) is 0.302. The number of amides is 1. The summed E-state index contributed by atoms with van der Waals surface area (Å²) in [6, 6.07) is -0.274. The Kier molecular flexibility index (Phi) is 6.95. The van der Waals surface area contributed by atoms with E-state index in [9.17, 15) is 13.2 Å². The summed E-state index contributed by atoms with van der Waals surface area (Å²) in [5, 5.41) is -0.540. The van der Waals surface area contributed by atoms with E-state index in [0.717, 1.165) is 6.42 Å². The topological polar surface area (TPSA) is 75.7 Å². The van der Waals surface area contributed by atoms with E-state index in [1.54, 1.807) is 11.8 Å². The van der Waals surface area contributed by atoms with Gasteiger partial charge in [-0.1, -0.05) is 0 Å². The standard InChI is InChI=1S/C14H27ClN2O4S/c1-11(7-8-15)22(19,20)16-12-6-5-9-17(10-12)13(18)21-14(2,3)4/h11-12,16H,5-10H2,1-4H3. The number of nitrogens with zero attached hydrogens (tertiary/aromatic N) is 1. The summed E-state index contributed by atoms with van der Waals surface area (Å²) in [6.07, 6.45) is 1.46. The van der Waals surface area contributed by atoms with Gasteiger partial charge < -0.3 is 9.64 Å². The first-order chi connectivity index (χ1) is 10.0. The highest BCUT2D eigenvalue weighted by Gasteiger charge is 2.31. The number of alkyl halides is 1. The fraction of sp³-hybridized carbons (Fsp3) is 0.929. The molecule has 1 saturated heterocycles. The molecule has 0 saturated carbocycles. The minimum atomic E-state index is -3.42. The zero-order valence-corrected chi connectivity index (χ0v) is 15.3. The molecule has 6 nitrogen and oxygen atoms in total. The maximum atomic E-state index is 12.2. The maximum Gasteiger partial charge on any atom is 0.410 e. The fourth-order valence-electron chi connectivity index (χ4n) is 2.22. The third-order valence-electron chi connectivity index (χ3n) is 3.45. The minimum Gasteiger partial charge on any atom is -0.444 e. The molecular formula is C14H27ClN2O4S. The van der Waals surface area contributed by atoms with Crippen molar-refractivity contribution in [3.8, 4) is 0 Å². The average molecular weight is 355 g/mol. The number of hydrogen-bond acceptors (Lipinski definition) is 4. The van der Waals surface area contributed by atoms with Crippen molar-refractivity contribution in [3.63, 3.8) is 0 Å². The number of hydrogen-bond donors (Lipinski definition) is 1. The van der Waals surface area contributed by atoms with Crippen molar-refractivity contribution in [2.75, 3.05) is 19.0 Å². The monoisotopic (exact) mass is 354 g/mol. The van der Waals surface area contributed by atoms with Crippen LogP contribution in [0.4, 0.5) is 4.79 Å². The van der Waals surface area contributed by atoms with Gasteiger partial charge >= 0.3 is 6.09 Å². The van der Waals surface area contributed by atoms with Crippen LogP contribution >= 0.6 is 11.6 Å². The quantitative estimate of drug-likeness (QED) is 0.769. The van der Waals surface area contributed by atoms with E-state index in [2.05, 4.69) is 4.72 Å². The summed E-state index contributed by atoms with van der Waals surface area (Å²) in [7, 11) is -3.42. The molecule has 1 N–H and O–H groups in total. The van der Waals surface area contributed by atoms with Gasteiger partial charge in [-0.3, -0.25) is 0 Å². The molecule has 2 unspecified atom stereocenters. The van der Waals surface area contributed by atoms with E-state index in [-0.39, 0.29) is 6.04 Å². The van der Waals surface area contributed by atoms with E-state index in [0.29, 0.717) is 31.8 Å². The van der Waals surface area contributed by atoms with Crippen molar-refractivity contribution in [2.45, 2.75) is 63.9 Å². The SMILES string of the molecule is CC(CCCl)S(=O)(=O)NC1CCCN(C(=O)OC(C)(C)C)C1. The molecule has 1 aliphatic rings. The van der Waals surface area contributed by atoms with Gasteiger partial charge in [0.15, 0.2) is 0 Å². The second-order valence-corrected chi connectivity index (χ2v) is 9.23. The summed E-state index contributed by atoms with van der Waals surface area (Å²) in [5.41, 5.74) is -0.557. The summed E-state index contributed by atoms with van der Waals surface area (Å²) >= 11 is 5.61. The number of sulfonamides is 1. The van der Waals surface area contributed by atoms with Crippen molar-refractivity contribution in [2.24, 2.45) is 0 Å². The first-order valence-electron chi connectivity index (χ1n) is 7.60. The van der Waals surface area contributed by atoms with Crippen molar-refractivity contribution in [1.29, 1.82) is 0 Å². The van der Waals surface area contributed by atoms with Crippen molar-refractivity contribution >= 4 is 27.7 Å². The van der Waals surface area contributed by atoms with Crippen LogP contribution < -0.4 is 4.72 Å². The van der Waals surface area contributed by atoms with E-state index in [1.165, 1.54) is 0 Å². The van der Waals surface area contributed by atoms with Crippen LogP contribution in [0.2, 0.25) is 0 Å². The smallest absolute Gasteiger partial charge is 0.410 e. The van der Waals surface area contributed by atoms with Gasteiger partial charge in [0.05, 0.1) is 5.25 Å². The number of carbonyl (C=O) groups excluding carboxylic acids is 1. The van der Waals surface area contributed by atoms with Crippen LogP contribution in [0.3, 0.4) is 0 Å².